The summed E-state index contributed by atoms with van der Waals surface area (Å²) in [6.45, 7) is 0.500. The van der Waals surface area contributed by atoms with Gasteiger partial charge in [-0.05, 0) is 48.7 Å². The number of hydrogen-bond donors (Lipinski definition) is 1. The molecule has 1 saturated carbocycles. The van der Waals surface area contributed by atoms with E-state index in [0.29, 0.717) is 34.9 Å². The molecule has 9 heteroatoms. The summed E-state index contributed by atoms with van der Waals surface area (Å²) in [6.07, 6.45) is 5.25. The van der Waals surface area contributed by atoms with E-state index in [1.54, 1.807) is 35.1 Å². The van der Waals surface area contributed by atoms with Crippen LogP contribution in [-0.2, 0) is 16.2 Å². The summed E-state index contributed by atoms with van der Waals surface area (Å²) in [7, 11) is 1.56. The Labute approximate surface area is 201 Å². The summed E-state index contributed by atoms with van der Waals surface area (Å²) in [5, 5.41) is 3.15. The first-order valence-electron chi connectivity index (χ1n) is 11.6. The van der Waals surface area contributed by atoms with Gasteiger partial charge in [0.15, 0.2) is 16.5 Å². The van der Waals surface area contributed by atoms with Crippen molar-refractivity contribution < 1.29 is 23.1 Å². The number of nitrogens with one attached hydrogen (secondary N) is 1. The van der Waals surface area contributed by atoms with Crippen molar-refractivity contribution in [1.82, 2.24) is 10.2 Å². The van der Waals surface area contributed by atoms with Crippen molar-refractivity contribution in [1.29, 1.82) is 0 Å². The molecule has 0 bridgehead atoms. The minimum absolute atomic E-state index is 0.0652. The number of anilines is 1. The Bertz CT molecular complexity index is 1120. The molecule has 2 heterocycles. The smallest absolute Gasteiger partial charge is 0.319 e. The van der Waals surface area contributed by atoms with Crippen LogP contribution >= 0.6 is 11.8 Å². The maximum atomic E-state index is 14.0. The zero-order valence-electron chi connectivity index (χ0n) is 19.0. The van der Waals surface area contributed by atoms with E-state index in [9.17, 15) is 18.4 Å². The van der Waals surface area contributed by atoms with Gasteiger partial charge in [0.1, 0.15) is 5.75 Å². The number of ether oxygens (including phenoxy) is 1. The van der Waals surface area contributed by atoms with Gasteiger partial charge in [-0.15, -0.1) is 11.8 Å². The number of nitrogens with zero attached hydrogens (tertiary/aromatic N) is 2. The zero-order chi connectivity index (χ0) is 23.9. The predicted molar refractivity (Wildman–Crippen MR) is 127 cm³/mol. The Morgan fingerprint density at radius 3 is 2.68 bits per heavy atom. The highest BCUT2D eigenvalue weighted by Gasteiger charge is 2.59. The molecule has 1 spiro atoms. The summed E-state index contributed by atoms with van der Waals surface area (Å²) in [5.41, 5.74) is 1.79. The third kappa shape index (κ3) is 3.79. The van der Waals surface area contributed by atoms with Gasteiger partial charge in [0.2, 0.25) is 0 Å². The van der Waals surface area contributed by atoms with Crippen LogP contribution in [0.1, 0.15) is 43.2 Å². The van der Waals surface area contributed by atoms with Crippen LogP contribution in [0.2, 0.25) is 0 Å². The number of carbonyl (C=O) groups excluding carboxylic acids is 2. The minimum Gasteiger partial charge on any atom is -0.497 e. The number of methoxy groups -OCH3 is 1. The number of thioether (sulfide) groups is 1. The first-order chi connectivity index (χ1) is 16.4. The van der Waals surface area contributed by atoms with E-state index in [0.717, 1.165) is 37.8 Å². The van der Waals surface area contributed by atoms with Crippen LogP contribution < -0.4 is 15.0 Å². The zero-order valence-corrected chi connectivity index (χ0v) is 19.8. The Morgan fingerprint density at radius 1 is 1.15 bits per heavy atom. The van der Waals surface area contributed by atoms with Gasteiger partial charge in [0.05, 0.1) is 19.3 Å². The largest absolute Gasteiger partial charge is 0.497 e. The van der Waals surface area contributed by atoms with E-state index < -0.39 is 16.5 Å². The first-order valence-corrected chi connectivity index (χ1v) is 12.6. The molecule has 1 saturated heterocycles. The second-order valence-corrected chi connectivity index (χ2v) is 10.2. The van der Waals surface area contributed by atoms with Crippen LogP contribution in [0.3, 0.4) is 0 Å². The standard InChI is InChI=1S/C25H27F2N3O3S/c1-33-18-8-10-22-19(14-18)25(23(31)29(22)15-16-7-9-20(26)21(27)13-16)30(11-12-34-25)24(32)28-17-5-3-2-4-6-17/h7-10,13-14,17H,2-6,11-12,15H2,1H3,(H,28,32). The molecule has 2 aromatic rings. The summed E-state index contributed by atoms with van der Waals surface area (Å²) in [4.78, 5) is 29.4. The topological polar surface area (TPSA) is 61.9 Å². The number of hydrogen-bond acceptors (Lipinski definition) is 4. The van der Waals surface area contributed by atoms with Crippen molar-refractivity contribution in [3.05, 3.63) is 59.2 Å². The molecule has 3 aliphatic rings. The van der Waals surface area contributed by atoms with Crippen LogP contribution in [0.5, 0.6) is 5.75 Å². The molecule has 34 heavy (non-hydrogen) atoms. The number of carbonyl (C=O) groups is 2. The molecule has 6 nitrogen and oxygen atoms in total. The summed E-state index contributed by atoms with van der Waals surface area (Å²) < 4.78 is 32.8. The normalized spacial score (nSPS) is 22.4. The molecule has 1 N–H and O–H groups in total. The van der Waals surface area contributed by atoms with Crippen molar-refractivity contribution in [3.8, 4) is 5.75 Å². The van der Waals surface area contributed by atoms with Crippen LogP contribution in [0.4, 0.5) is 19.3 Å². The number of rotatable bonds is 4. The second kappa shape index (κ2) is 9.09. The lowest BCUT2D eigenvalue weighted by Gasteiger charge is -2.35. The Balaban J connectivity index is 1.51. The van der Waals surface area contributed by atoms with Crippen LogP contribution in [-0.4, -0.2) is 42.3 Å². The number of urea groups is 1. The Morgan fingerprint density at radius 2 is 1.94 bits per heavy atom. The number of amides is 3. The number of fused-ring (bicyclic) bond motifs is 2. The molecular weight excluding hydrogens is 460 g/mol. The van der Waals surface area contributed by atoms with Gasteiger partial charge in [-0.3, -0.25) is 9.69 Å². The molecule has 1 unspecified atom stereocenters. The fraction of sp³-hybridized carbons (Fsp3) is 0.440. The maximum Gasteiger partial charge on any atom is 0.319 e. The van der Waals surface area contributed by atoms with Crippen LogP contribution in [0, 0.1) is 11.6 Å². The molecule has 1 atom stereocenters. The second-order valence-electron chi connectivity index (χ2n) is 8.95. The Kier molecular flexibility index (Phi) is 6.14. The van der Waals surface area contributed by atoms with Crippen molar-refractivity contribution in [2.24, 2.45) is 0 Å². The third-order valence-electron chi connectivity index (χ3n) is 6.90. The average molecular weight is 488 g/mol. The van der Waals surface area contributed by atoms with Crippen molar-refractivity contribution in [2.75, 3.05) is 24.3 Å². The molecule has 2 aliphatic heterocycles. The van der Waals surface area contributed by atoms with Gasteiger partial charge in [-0.1, -0.05) is 25.3 Å². The molecule has 3 amide bonds. The molecule has 2 fully saturated rings. The van der Waals surface area contributed by atoms with E-state index in [-0.39, 0.29) is 24.5 Å². The summed E-state index contributed by atoms with van der Waals surface area (Å²) in [5.74, 6) is -0.963. The first kappa shape index (κ1) is 23.0. The van der Waals surface area contributed by atoms with E-state index in [4.69, 9.17) is 4.74 Å². The van der Waals surface area contributed by atoms with Gasteiger partial charge < -0.3 is 15.0 Å². The van der Waals surface area contributed by atoms with E-state index >= 15 is 0 Å². The molecule has 1 aliphatic carbocycles. The summed E-state index contributed by atoms with van der Waals surface area (Å²) >= 11 is 1.42. The fourth-order valence-electron chi connectivity index (χ4n) is 5.20. The van der Waals surface area contributed by atoms with Gasteiger partial charge in [-0.25, -0.2) is 13.6 Å². The highest BCUT2D eigenvalue weighted by Crippen LogP contribution is 2.55. The molecular formula is C25H27F2N3O3S. The predicted octanol–water partition coefficient (Wildman–Crippen LogP) is 4.76. The number of benzene rings is 2. The van der Waals surface area contributed by atoms with Gasteiger partial charge >= 0.3 is 6.03 Å². The van der Waals surface area contributed by atoms with Gasteiger partial charge in [0, 0.05) is 23.9 Å². The van der Waals surface area contributed by atoms with Crippen molar-refractivity contribution in [2.45, 2.75) is 49.6 Å². The molecule has 2 aromatic carbocycles. The summed E-state index contributed by atoms with van der Waals surface area (Å²) in [6, 6.07) is 8.85. The molecule has 180 valence electrons. The van der Waals surface area contributed by atoms with Gasteiger partial charge in [0.25, 0.3) is 5.91 Å². The molecule has 5 rings (SSSR count). The minimum atomic E-state index is -1.22. The van der Waals surface area contributed by atoms with Crippen LogP contribution in [0.25, 0.3) is 0 Å². The van der Waals surface area contributed by atoms with Crippen molar-refractivity contribution >= 4 is 29.4 Å². The molecule has 0 radical (unpaired) electrons. The number of halogens is 2. The molecule has 0 aromatic heterocycles. The SMILES string of the molecule is COc1ccc2c(c1)C1(SCCN1C(=O)NC1CCCCC1)C(=O)N2Cc1ccc(F)c(F)c1. The maximum absolute atomic E-state index is 14.0. The monoisotopic (exact) mass is 487 g/mol. The van der Waals surface area contributed by atoms with Crippen molar-refractivity contribution in [3.63, 3.8) is 0 Å². The highest BCUT2D eigenvalue weighted by atomic mass is 32.2. The van der Waals surface area contributed by atoms with Crippen LogP contribution in [0.15, 0.2) is 36.4 Å². The fourth-order valence-corrected chi connectivity index (χ4v) is 6.65. The quantitative estimate of drug-likeness (QED) is 0.675. The van der Waals surface area contributed by atoms with Gasteiger partial charge in [-0.2, -0.15) is 0 Å². The third-order valence-corrected chi connectivity index (χ3v) is 8.32. The Hall–Kier alpha value is -2.81. The lowest BCUT2D eigenvalue weighted by Crippen LogP contribution is -2.55. The van der Waals surface area contributed by atoms with E-state index in [1.165, 1.54) is 24.2 Å². The highest BCUT2D eigenvalue weighted by molar-refractivity contribution is 8.01. The lowest BCUT2D eigenvalue weighted by molar-refractivity contribution is -0.123. The van der Waals surface area contributed by atoms with E-state index in [2.05, 4.69) is 5.32 Å². The average Bonchev–Trinajstić information content (AvgIpc) is 3.39. The lowest BCUT2D eigenvalue weighted by atomic mass is 9.95. The van der Waals surface area contributed by atoms with E-state index in [1.807, 2.05) is 0 Å².